The largest absolute Gasteiger partial charge is 0.496 e. The highest BCUT2D eigenvalue weighted by Gasteiger charge is 2.12. The monoisotopic (exact) mass is 228 g/mol. The Kier molecular flexibility index (Phi) is 3.45. The van der Waals surface area contributed by atoms with Gasteiger partial charge in [-0.2, -0.15) is 0 Å². The first kappa shape index (κ1) is 11.7. The fourth-order valence-corrected chi connectivity index (χ4v) is 2.04. The predicted octanol–water partition coefficient (Wildman–Crippen LogP) is 3.16. The maximum Gasteiger partial charge on any atom is 0.129 e. The molecule has 0 saturated carbocycles. The number of aliphatic hydroxyl groups is 1. The fraction of sp³-hybridized carbons (Fsp3) is 0.200. The molecule has 1 N–H and O–H groups in total. The topological polar surface area (TPSA) is 29.5 Å². The van der Waals surface area contributed by atoms with Crippen LogP contribution in [0.25, 0.3) is 11.1 Å². The first-order valence-electron chi connectivity index (χ1n) is 5.60. The normalized spacial score (nSPS) is 10.3. The van der Waals surface area contributed by atoms with Gasteiger partial charge in [-0.1, -0.05) is 42.5 Å². The van der Waals surface area contributed by atoms with E-state index < -0.39 is 0 Å². The minimum Gasteiger partial charge on any atom is -0.496 e. The second-order valence-corrected chi connectivity index (χ2v) is 3.97. The Hall–Kier alpha value is -1.80. The molecule has 2 aromatic carbocycles. The van der Waals surface area contributed by atoms with Gasteiger partial charge in [0.05, 0.1) is 13.7 Å². The van der Waals surface area contributed by atoms with Crippen molar-refractivity contribution >= 4 is 0 Å². The lowest BCUT2D eigenvalue weighted by Crippen LogP contribution is -1.96. The van der Waals surface area contributed by atoms with Crippen LogP contribution in [0.4, 0.5) is 0 Å². The van der Waals surface area contributed by atoms with E-state index in [1.165, 1.54) is 0 Å². The average molecular weight is 228 g/mol. The lowest BCUT2D eigenvalue weighted by Gasteiger charge is -2.15. The van der Waals surface area contributed by atoms with Crippen molar-refractivity contribution in [3.05, 3.63) is 53.6 Å². The first-order chi connectivity index (χ1) is 8.27. The summed E-state index contributed by atoms with van der Waals surface area (Å²) < 4.78 is 5.46. The third-order valence-corrected chi connectivity index (χ3v) is 2.88. The molecule has 2 heteroatoms. The zero-order valence-electron chi connectivity index (χ0n) is 10.1. The molecular formula is C15H16O2. The van der Waals surface area contributed by atoms with E-state index in [4.69, 9.17) is 4.74 Å². The SMILES string of the molecule is COc1c(C)ccc(CO)c1-c1ccccc1. The predicted molar refractivity (Wildman–Crippen MR) is 69.1 cm³/mol. The molecule has 0 aliphatic carbocycles. The molecule has 0 aliphatic heterocycles. The van der Waals surface area contributed by atoms with Crippen LogP contribution in [0.1, 0.15) is 11.1 Å². The van der Waals surface area contributed by atoms with Crippen molar-refractivity contribution in [1.29, 1.82) is 0 Å². The molecule has 0 amide bonds. The minimum absolute atomic E-state index is 0.0147. The Morgan fingerprint density at radius 2 is 1.76 bits per heavy atom. The highest BCUT2D eigenvalue weighted by atomic mass is 16.5. The molecule has 0 unspecified atom stereocenters. The Balaban J connectivity index is 2.69. The third kappa shape index (κ3) is 2.17. The van der Waals surface area contributed by atoms with Crippen molar-refractivity contribution in [1.82, 2.24) is 0 Å². The van der Waals surface area contributed by atoms with Crippen molar-refractivity contribution < 1.29 is 9.84 Å². The lowest BCUT2D eigenvalue weighted by atomic mass is 9.96. The number of ether oxygens (including phenoxy) is 1. The van der Waals surface area contributed by atoms with Gasteiger partial charge < -0.3 is 9.84 Å². The summed E-state index contributed by atoms with van der Waals surface area (Å²) in [6, 6.07) is 13.9. The highest BCUT2D eigenvalue weighted by Crippen LogP contribution is 2.35. The Morgan fingerprint density at radius 1 is 1.06 bits per heavy atom. The minimum atomic E-state index is 0.0147. The Labute approximate surface area is 101 Å². The van der Waals surface area contributed by atoms with Crippen LogP contribution in [0.15, 0.2) is 42.5 Å². The van der Waals surface area contributed by atoms with Gasteiger partial charge in [0, 0.05) is 5.56 Å². The smallest absolute Gasteiger partial charge is 0.129 e. The van der Waals surface area contributed by atoms with E-state index in [1.807, 2.05) is 49.4 Å². The summed E-state index contributed by atoms with van der Waals surface area (Å²) >= 11 is 0. The number of methoxy groups -OCH3 is 1. The molecule has 0 fully saturated rings. The molecule has 0 saturated heterocycles. The summed E-state index contributed by atoms with van der Waals surface area (Å²) in [5, 5.41) is 9.44. The maximum absolute atomic E-state index is 9.44. The molecule has 88 valence electrons. The molecule has 17 heavy (non-hydrogen) atoms. The molecule has 0 bridgehead atoms. The summed E-state index contributed by atoms with van der Waals surface area (Å²) in [6.07, 6.45) is 0. The number of rotatable bonds is 3. The summed E-state index contributed by atoms with van der Waals surface area (Å²) in [5.41, 5.74) is 4.01. The van der Waals surface area contributed by atoms with Crippen LogP contribution in [-0.2, 0) is 6.61 Å². The fourth-order valence-electron chi connectivity index (χ4n) is 2.04. The highest BCUT2D eigenvalue weighted by molar-refractivity contribution is 5.75. The average Bonchev–Trinajstić information content (AvgIpc) is 2.39. The summed E-state index contributed by atoms with van der Waals surface area (Å²) in [5.74, 6) is 0.836. The van der Waals surface area contributed by atoms with Crippen LogP contribution in [0.3, 0.4) is 0 Å². The molecule has 2 aromatic rings. The van der Waals surface area contributed by atoms with Crippen LogP contribution in [0.5, 0.6) is 5.75 Å². The van der Waals surface area contributed by atoms with Gasteiger partial charge >= 0.3 is 0 Å². The second-order valence-electron chi connectivity index (χ2n) is 3.97. The summed E-state index contributed by atoms with van der Waals surface area (Å²) in [6.45, 7) is 2.02. The molecule has 0 heterocycles. The van der Waals surface area contributed by atoms with Gasteiger partial charge in [0.2, 0.25) is 0 Å². The van der Waals surface area contributed by atoms with Crippen molar-refractivity contribution in [3.63, 3.8) is 0 Å². The molecule has 0 radical (unpaired) electrons. The van der Waals surface area contributed by atoms with Gasteiger partial charge in [-0.15, -0.1) is 0 Å². The van der Waals surface area contributed by atoms with Crippen LogP contribution < -0.4 is 4.74 Å². The zero-order valence-corrected chi connectivity index (χ0v) is 10.1. The van der Waals surface area contributed by atoms with E-state index in [2.05, 4.69) is 0 Å². The van der Waals surface area contributed by atoms with Gasteiger partial charge in [0.1, 0.15) is 5.75 Å². The number of aliphatic hydroxyl groups excluding tert-OH is 1. The Bertz CT molecular complexity index is 504. The van der Waals surface area contributed by atoms with E-state index in [0.717, 1.165) is 28.0 Å². The van der Waals surface area contributed by atoms with Crippen molar-refractivity contribution in [2.45, 2.75) is 13.5 Å². The molecule has 2 nitrogen and oxygen atoms in total. The van der Waals surface area contributed by atoms with Gasteiger partial charge in [-0.25, -0.2) is 0 Å². The number of benzene rings is 2. The lowest BCUT2D eigenvalue weighted by molar-refractivity contribution is 0.281. The molecule has 0 atom stereocenters. The van der Waals surface area contributed by atoms with Crippen LogP contribution >= 0.6 is 0 Å². The van der Waals surface area contributed by atoms with Crippen molar-refractivity contribution in [2.24, 2.45) is 0 Å². The molecule has 0 aliphatic rings. The van der Waals surface area contributed by atoms with Gasteiger partial charge in [0.25, 0.3) is 0 Å². The van der Waals surface area contributed by atoms with Gasteiger partial charge in [0.15, 0.2) is 0 Å². The number of hydrogen-bond donors (Lipinski definition) is 1. The summed E-state index contributed by atoms with van der Waals surface area (Å²) in [4.78, 5) is 0. The van der Waals surface area contributed by atoms with Crippen LogP contribution in [0, 0.1) is 6.92 Å². The van der Waals surface area contributed by atoms with Gasteiger partial charge in [-0.05, 0) is 23.6 Å². The van der Waals surface area contributed by atoms with Crippen LogP contribution in [-0.4, -0.2) is 12.2 Å². The van der Waals surface area contributed by atoms with E-state index in [0.29, 0.717) is 0 Å². The standard InChI is InChI=1S/C15H16O2/c1-11-8-9-13(10-16)14(15(11)17-2)12-6-4-3-5-7-12/h3-9,16H,10H2,1-2H3. The van der Waals surface area contributed by atoms with E-state index >= 15 is 0 Å². The Morgan fingerprint density at radius 3 is 2.35 bits per heavy atom. The summed E-state index contributed by atoms with van der Waals surface area (Å²) in [7, 11) is 1.66. The number of aryl methyl sites for hydroxylation is 1. The first-order valence-corrected chi connectivity index (χ1v) is 5.60. The molecular weight excluding hydrogens is 212 g/mol. The molecule has 0 aromatic heterocycles. The van der Waals surface area contributed by atoms with E-state index in [9.17, 15) is 5.11 Å². The number of hydrogen-bond acceptors (Lipinski definition) is 2. The van der Waals surface area contributed by atoms with Crippen LogP contribution in [0.2, 0.25) is 0 Å². The van der Waals surface area contributed by atoms with E-state index in [1.54, 1.807) is 7.11 Å². The van der Waals surface area contributed by atoms with E-state index in [-0.39, 0.29) is 6.61 Å². The quantitative estimate of drug-likeness (QED) is 0.874. The molecule has 2 rings (SSSR count). The van der Waals surface area contributed by atoms with Gasteiger partial charge in [-0.3, -0.25) is 0 Å². The van der Waals surface area contributed by atoms with Crippen molar-refractivity contribution in [2.75, 3.05) is 7.11 Å². The maximum atomic E-state index is 9.44. The second kappa shape index (κ2) is 5.02. The molecule has 0 spiro atoms. The zero-order chi connectivity index (χ0) is 12.3. The van der Waals surface area contributed by atoms with Crippen molar-refractivity contribution in [3.8, 4) is 16.9 Å². The third-order valence-electron chi connectivity index (χ3n) is 2.88.